The molecule has 0 fully saturated rings. The molecule has 0 unspecified atom stereocenters. The molecule has 0 spiro atoms. The van der Waals surface area contributed by atoms with E-state index in [9.17, 15) is 9.90 Å². The zero-order chi connectivity index (χ0) is 12.5. The van der Waals surface area contributed by atoms with Gasteiger partial charge in [-0.3, -0.25) is 9.36 Å². The van der Waals surface area contributed by atoms with Gasteiger partial charge in [-0.25, -0.2) is 4.98 Å². The lowest BCUT2D eigenvalue weighted by Crippen LogP contribution is -2.18. The summed E-state index contributed by atoms with van der Waals surface area (Å²) in [6.45, 7) is 0. The van der Waals surface area contributed by atoms with Crippen molar-refractivity contribution in [2.45, 2.75) is 0 Å². The van der Waals surface area contributed by atoms with Crippen LogP contribution in [0.15, 0.2) is 59.7 Å². The molecular formula is C14H10N2O2. The van der Waals surface area contributed by atoms with Crippen LogP contribution < -0.4 is 5.56 Å². The van der Waals surface area contributed by atoms with Crippen LogP contribution in [0.25, 0.3) is 16.6 Å². The van der Waals surface area contributed by atoms with Crippen molar-refractivity contribution in [3.05, 3.63) is 65.2 Å². The molecule has 4 heteroatoms. The fourth-order valence-corrected chi connectivity index (χ4v) is 1.88. The van der Waals surface area contributed by atoms with Crippen LogP contribution in [0.4, 0.5) is 0 Å². The smallest absolute Gasteiger partial charge is 0.265 e. The SMILES string of the molecule is O=c1c2ccc(O)cc2ncn1-c1ccccc1. The van der Waals surface area contributed by atoms with E-state index in [4.69, 9.17) is 0 Å². The monoisotopic (exact) mass is 238 g/mol. The van der Waals surface area contributed by atoms with Gasteiger partial charge in [-0.1, -0.05) is 18.2 Å². The Morgan fingerprint density at radius 3 is 2.61 bits per heavy atom. The first-order chi connectivity index (χ1) is 8.75. The average molecular weight is 238 g/mol. The molecule has 3 aromatic rings. The van der Waals surface area contributed by atoms with Crippen molar-refractivity contribution < 1.29 is 5.11 Å². The van der Waals surface area contributed by atoms with Gasteiger partial charge >= 0.3 is 0 Å². The predicted molar refractivity (Wildman–Crippen MR) is 69.0 cm³/mol. The van der Waals surface area contributed by atoms with Gasteiger partial charge in [0.15, 0.2) is 0 Å². The Labute approximate surface area is 103 Å². The number of phenolic OH excluding ortho intramolecular Hbond substituents is 1. The number of aromatic nitrogens is 2. The van der Waals surface area contributed by atoms with Crippen LogP contribution in [0, 0.1) is 0 Å². The van der Waals surface area contributed by atoms with Gasteiger partial charge in [0, 0.05) is 6.07 Å². The number of nitrogens with zero attached hydrogens (tertiary/aromatic N) is 2. The van der Waals surface area contributed by atoms with Crippen molar-refractivity contribution in [2.75, 3.05) is 0 Å². The lowest BCUT2D eigenvalue weighted by molar-refractivity contribution is 0.476. The van der Waals surface area contributed by atoms with Gasteiger partial charge in [0.1, 0.15) is 12.1 Å². The highest BCUT2D eigenvalue weighted by Gasteiger charge is 2.05. The van der Waals surface area contributed by atoms with Gasteiger partial charge in [0.2, 0.25) is 0 Å². The molecule has 0 radical (unpaired) electrons. The van der Waals surface area contributed by atoms with Crippen molar-refractivity contribution in [3.63, 3.8) is 0 Å². The number of hydrogen-bond donors (Lipinski definition) is 1. The van der Waals surface area contributed by atoms with E-state index in [2.05, 4.69) is 4.98 Å². The second-order valence-electron chi connectivity index (χ2n) is 3.96. The zero-order valence-corrected chi connectivity index (χ0v) is 9.45. The molecule has 18 heavy (non-hydrogen) atoms. The first-order valence-electron chi connectivity index (χ1n) is 5.51. The molecule has 0 saturated heterocycles. The molecule has 4 nitrogen and oxygen atoms in total. The number of aromatic hydroxyl groups is 1. The molecule has 0 aliphatic carbocycles. The standard InChI is InChI=1S/C14H10N2O2/c17-11-6-7-12-13(8-11)15-9-16(14(12)18)10-4-2-1-3-5-10/h1-9,17H. The summed E-state index contributed by atoms with van der Waals surface area (Å²) in [4.78, 5) is 16.5. The van der Waals surface area contributed by atoms with Crippen LogP contribution in [0.2, 0.25) is 0 Å². The third-order valence-electron chi connectivity index (χ3n) is 2.78. The summed E-state index contributed by atoms with van der Waals surface area (Å²) in [5.41, 5.74) is 1.11. The molecule has 3 rings (SSSR count). The Bertz CT molecular complexity index is 764. The van der Waals surface area contributed by atoms with Gasteiger partial charge in [-0.05, 0) is 24.3 Å². The first-order valence-corrected chi connectivity index (χ1v) is 5.51. The van der Waals surface area contributed by atoms with Crippen molar-refractivity contribution in [1.29, 1.82) is 0 Å². The second kappa shape index (κ2) is 4.00. The van der Waals surface area contributed by atoms with Crippen molar-refractivity contribution in [2.24, 2.45) is 0 Å². The molecule has 0 saturated carbocycles. The van der Waals surface area contributed by atoms with E-state index in [1.807, 2.05) is 30.3 Å². The van der Waals surface area contributed by atoms with E-state index in [-0.39, 0.29) is 11.3 Å². The molecule has 0 amide bonds. The molecule has 1 aromatic heterocycles. The van der Waals surface area contributed by atoms with Crippen molar-refractivity contribution >= 4 is 10.9 Å². The maximum Gasteiger partial charge on any atom is 0.265 e. The molecule has 0 atom stereocenters. The number of para-hydroxylation sites is 1. The summed E-state index contributed by atoms with van der Waals surface area (Å²) in [5, 5.41) is 9.84. The molecule has 0 aliphatic heterocycles. The van der Waals surface area contributed by atoms with E-state index in [0.717, 1.165) is 5.69 Å². The molecule has 0 bridgehead atoms. The van der Waals surface area contributed by atoms with E-state index in [0.29, 0.717) is 10.9 Å². The minimum absolute atomic E-state index is 0.104. The van der Waals surface area contributed by atoms with Crippen LogP contribution in [0.5, 0.6) is 5.75 Å². The zero-order valence-electron chi connectivity index (χ0n) is 9.45. The minimum atomic E-state index is -0.147. The minimum Gasteiger partial charge on any atom is -0.508 e. The summed E-state index contributed by atoms with van der Waals surface area (Å²) in [6, 6.07) is 13.9. The van der Waals surface area contributed by atoms with Crippen LogP contribution in [0.3, 0.4) is 0 Å². The topological polar surface area (TPSA) is 55.1 Å². The van der Waals surface area contributed by atoms with Crippen LogP contribution >= 0.6 is 0 Å². The molecule has 0 aliphatic rings. The van der Waals surface area contributed by atoms with Crippen LogP contribution in [-0.2, 0) is 0 Å². The lowest BCUT2D eigenvalue weighted by atomic mass is 10.2. The first kappa shape index (κ1) is 10.5. The summed E-state index contributed by atoms with van der Waals surface area (Å²) in [7, 11) is 0. The summed E-state index contributed by atoms with van der Waals surface area (Å²) in [5.74, 6) is 0.104. The van der Waals surface area contributed by atoms with Crippen LogP contribution in [-0.4, -0.2) is 14.7 Å². The maximum absolute atomic E-state index is 12.3. The largest absolute Gasteiger partial charge is 0.508 e. The van der Waals surface area contributed by atoms with Gasteiger partial charge in [-0.15, -0.1) is 0 Å². The van der Waals surface area contributed by atoms with E-state index in [1.54, 1.807) is 6.07 Å². The Hall–Kier alpha value is -2.62. The Balaban J connectivity index is 2.31. The lowest BCUT2D eigenvalue weighted by Gasteiger charge is -2.06. The molecule has 2 aromatic carbocycles. The second-order valence-corrected chi connectivity index (χ2v) is 3.96. The highest BCUT2D eigenvalue weighted by atomic mass is 16.3. The Morgan fingerprint density at radius 2 is 1.83 bits per heavy atom. The predicted octanol–water partition coefficient (Wildman–Crippen LogP) is 2.09. The van der Waals surface area contributed by atoms with E-state index >= 15 is 0 Å². The van der Waals surface area contributed by atoms with E-state index in [1.165, 1.54) is 23.0 Å². The molecule has 1 heterocycles. The van der Waals surface area contributed by atoms with Gasteiger partial charge < -0.3 is 5.11 Å². The number of fused-ring (bicyclic) bond motifs is 1. The molecule has 88 valence electrons. The molecule has 1 N–H and O–H groups in total. The number of hydrogen-bond acceptors (Lipinski definition) is 3. The Kier molecular flexibility index (Phi) is 2.34. The van der Waals surface area contributed by atoms with Gasteiger partial charge in [0.05, 0.1) is 16.6 Å². The van der Waals surface area contributed by atoms with Gasteiger partial charge in [0.25, 0.3) is 5.56 Å². The molecular weight excluding hydrogens is 228 g/mol. The maximum atomic E-state index is 12.3. The van der Waals surface area contributed by atoms with E-state index < -0.39 is 0 Å². The third-order valence-corrected chi connectivity index (χ3v) is 2.78. The van der Waals surface area contributed by atoms with Crippen molar-refractivity contribution in [3.8, 4) is 11.4 Å². The summed E-state index contributed by atoms with van der Waals surface area (Å²) >= 11 is 0. The Morgan fingerprint density at radius 1 is 1.06 bits per heavy atom. The third kappa shape index (κ3) is 1.64. The fraction of sp³-hybridized carbons (Fsp3) is 0. The normalized spacial score (nSPS) is 10.7. The highest BCUT2D eigenvalue weighted by Crippen LogP contribution is 2.15. The highest BCUT2D eigenvalue weighted by molar-refractivity contribution is 5.79. The van der Waals surface area contributed by atoms with Gasteiger partial charge in [-0.2, -0.15) is 0 Å². The quantitative estimate of drug-likeness (QED) is 0.706. The number of phenols is 1. The summed E-state index contributed by atoms with van der Waals surface area (Å²) < 4.78 is 1.49. The number of rotatable bonds is 1. The fourth-order valence-electron chi connectivity index (χ4n) is 1.88. The average Bonchev–Trinajstić information content (AvgIpc) is 2.40. The van der Waals surface area contributed by atoms with Crippen molar-refractivity contribution in [1.82, 2.24) is 9.55 Å². The number of benzene rings is 2. The summed E-state index contributed by atoms with van der Waals surface area (Å²) in [6.07, 6.45) is 1.47. The van der Waals surface area contributed by atoms with Crippen LogP contribution in [0.1, 0.15) is 0 Å².